The zero-order valence-electron chi connectivity index (χ0n) is 9.52. The van der Waals surface area contributed by atoms with Crippen molar-refractivity contribution in [1.29, 1.82) is 0 Å². The van der Waals surface area contributed by atoms with E-state index in [0.717, 1.165) is 12.1 Å². The molecule has 0 aliphatic carbocycles. The summed E-state index contributed by atoms with van der Waals surface area (Å²) in [7, 11) is 0. The SMILES string of the molecule is CCOCCCOc1ccc([N+](=O)[O-])c(F)c1. The summed E-state index contributed by atoms with van der Waals surface area (Å²) in [6.07, 6.45) is 0.687. The van der Waals surface area contributed by atoms with Crippen LogP contribution in [0.25, 0.3) is 0 Å². The van der Waals surface area contributed by atoms with E-state index in [0.29, 0.717) is 26.2 Å². The molecule has 1 aromatic rings. The van der Waals surface area contributed by atoms with Crippen molar-refractivity contribution in [3.8, 4) is 5.75 Å². The maximum Gasteiger partial charge on any atom is 0.305 e. The Labute approximate surface area is 98.3 Å². The first-order valence-corrected chi connectivity index (χ1v) is 5.29. The van der Waals surface area contributed by atoms with Crippen LogP contribution in [0.5, 0.6) is 5.75 Å². The molecule has 0 unspecified atom stereocenters. The van der Waals surface area contributed by atoms with E-state index in [1.54, 1.807) is 0 Å². The number of halogens is 1. The quantitative estimate of drug-likeness (QED) is 0.419. The van der Waals surface area contributed by atoms with E-state index in [4.69, 9.17) is 9.47 Å². The van der Waals surface area contributed by atoms with Crippen LogP contribution in [0.2, 0.25) is 0 Å². The van der Waals surface area contributed by atoms with Crippen LogP contribution in [0.15, 0.2) is 18.2 Å². The molecule has 6 heteroatoms. The first-order valence-electron chi connectivity index (χ1n) is 5.29. The van der Waals surface area contributed by atoms with E-state index < -0.39 is 16.4 Å². The molecule has 0 bridgehead atoms. The number of hydrogen-bond acceptors (Lipinski definition) is 4. The molecule has 1 rings (SSSR count). The number of rotatable bonds is 7. The van der Waals surface area contributed by atoms with Crippen molar-refractivity contribution in [2.75, 3.05) is 19.8 Å². The van der Waals surface area contributed by atoms with Gasteiger partial charge in [0.15, 0.2) is 0 Å². The Kier molecular flexibility index (Phi) is 5.35. The van der Waals surface area contributed by atoms with E-state index in [1.165, 1.54) is 6.07 Å². The van der Waals surface area contributed by atoms with Gasteiger partial charge in [-0.25, -0.2) is 0 Å². The summed E-state index contributed by atoms with van der Waals surface area (Å²) in [5.74, 6) is -0.609. The first-order chi connectivity index (χ1) is 8.15. The average molecular weight is 243 g/mol. The Hall–Kier alpha value is -1.69. The molecule has 5 nitrogen and oxygen atoms in total. The second-order valence-electron chi connectivity index (χ2n) is 3.27. The summed E-state index contributed by atoms with van der Waals surface area (Å²) in [6.45, 7) is 3.50. The van der Waals surface area contributed by atoms with Crippen LogP contribution >= 0.6 is 0 Å². The highest BCUT2D eigenvalue weighted by atomic mass is 19.1. The number of nitrogens with zero attached hydrogens (tertiary/aromatic N) is 1. The molecule has 0 fully saturated rings. The standard InChI is InChI=1S/C11H14FNO4/c1-2-16-6-3-7-17-9-4-5-11(13(14)15)10(12)8-9/h4-5,8H,2-3,6-7H2,1H3. The van der Waals surface area contributed by atoms with E-state index in [-0.39, 0.29) is 5.75 Å². The zero-order valence-corrected chi connectivity index (χ0v) is 9.52. The highest BCUT2D eigenvalue weighted by Crippen LogP contribution is 2.22. The summed E-state index contributed by atoms with van der Waals surface area (Å²) < 4.78 is 23.5. The maximum absolute atomic E-state index is 13.2. The Bertz CT molecular complexity index is 384. The number of benzene rings is 1. The molecule has 0 spiro atoms. The van der Waals surface area contributed by atoms with E-state index >= 15 is 0 Å². The predicted octanol–water partition coefficient (Wildman–Crippen LogP) is 2.54. The van der Waals surface area contributed by atoms with Crippen LogP contribution in [0.4, 0.5) is 10.1 Å². The summed E-state index contributed by atoms with van der Waals surface area (Å²) in [5.41, 5.74) is -0.549. The fraction of sp³-hybridized carbons (Fsp3) is 0.455. The molecule has 0 saturated heterocycles. The van der Waals surface area contributed by atoms with Crippen molar-refractivity contribution < 1.29 is 18.8 Å². The van der Waals surface area contributed by atoms with Gasteiger partial charge in [0.05, 0.1) is 11.5 Å². The molecule has 0 saturated carbocycles. The summed E-state index contributed by atoms with van der Waals surface area (Å²) in [4.78, 5) is 9.60. The van der Waals surface area contributed by atoms with E-state index in [2.05, 4.69) is 0 Å². The predicted molar refractivity (Wildman–Crippen MR) is 59.7 cm³/mol. The smallest absolute Gasteiger partial charge is 0.305 e. The third-order valence-corrected chi connectivity index (χ3v) is 2.02. The number of hydrogen-bond donors (Lipinski definition) is 0. The molecule has 94 valence electrons. The molecule has 0 aromatic heterocycles. The van der Waals surface area contributed by atoms with Gasteiger partial charge in [0, 0.05) is 31.8 Å². The van der Waals surface area contributed by atoms with Gasteiger partial charge in [-0.05, 0) is 13.0 Å². The van der Waals surface area contributed by atoms with Gasteiger partial charge in [-0.1, -0.05) is 0 Å². The Morgan fingerprint density at radius 2 is 2.18 bits per heavy atom. The molecule has 1 aromatic carbocycles. The maximum atomic E-state index is 13.2. The van der Waals surface area contributed by atoms with Crippen molar-refractivity contribution in [3.05, 3.63) is 34.1 Å². The minimum Gasteiger partial charge on any atom is -0.493 e. The lowest BCUT2D eigenvalue weighted by molar-refractivity contribution is -0.387. The van der Waals surface area contributed by atoms with Crippen LogP contribution in [0, 0.1) is 15.9 Å². The van der Waals surface area contributed by atoms with Gasteiger partial charge in [-0.15, -0.1) is 0 Å². The van der Waals surface area contributed by atoms with Gasteiger partial charge >= 0.3 is 5.69 Å². The monoisotopic (exact) mass is 243 g/mol. The Balaban J connectivity index is 2.45. The average Bonchev–Trinajstić information content (AvgIpc) is 2.28. The molecule has 0 radical (unpaired) electrons. The summed E-state index contributed by atoms with van der Waals surface area (Å²) in [6, 6.07) is 3.48. The fourth-order valence-corrected chi connectivity index (χ4v) is 1.22. The highest BCUT2D eigenvalue weighted by molar-refractivity contribution is 5.37. The fourth-order valence-electron chi connectivity index (χ4n) is 1.22. The molecular formula is C11H14FNO4. The topological polar surface area (TPSA) is 61.6 Å². The lowest BCUT2D eigenvalue weighted by Crippen LogP contribution is -2.03. The minimum atomic E-state index is -0.891. The van der Waals surface area contributed by atoms with Gasteiger partial charge in [0.25, 0.3) is 0 Å². The third-order valence-electron chi connectivity index (χ3n) is 2.02. The molecule has 0 N–H and O–H groups in total. The van der Waals surface area contributed by atoms with Crippen LogP contribution in [0.1, 0.15) is 13.3 Å². The van der Waals surface area contributed by atoms with Crippen molar-refractivity contribution >= 4 is 5.69 Å². The second-order valence-corrected chi connectivity index (χ2v) is 3.27. The van der Waals surface area contributed by atoms with Crippen molar-refractivity contribution in [2.45, 2.75) is 13.3 Å². The molecule has 0 atom stereocenters. The van der Waals surface area contributed by atoms with Crippen LogP contribution in [0.3, 0.4) is 0 Å². The third kappa shape index (κ3) is 4.36. The van der Waals surface area contributed by atoms with Crippen LogP contribution in [-0.4, -0.2) is 24.7 Å². The van der Waals surface area contributed by atoms with Crippen molar-refractivity contribution in [1.82, 2.24) is 0 Å². The summed E-state index contributed by atoms with van der Waals surface area (Å²) in [5, 5.41) is 10.4. The Morgan fingerprint density at radius 1 is 1.41 bits per heavy atom. The lowest BCUT2D eigenvalue weighted by atomic mass is 10.3. The molecular weight excluding hydrogens is 229 g/mol. The summed E-state index contributed by atoms with van der Waals surface area (Å²) >= 11 is 0. The van der Waals surface area contributed by atoms with Gasteiger partial charge in [-0.2, -0.15) is 4.39 Å². The van der Waals surface area contributed by atoms with Crippen LogP contribution in [-0.2, 0) is 4.74 Å². The second kappa shape index (κ2) is 6.80. The zero-order chi connectivity index (χ0) is 12.7. The van der Waals surface area contributed by atoms with Crippen molar-refractivity contribution in [2.24, 2.45) is 0 Å². The lowest BCUT2D eigenvalue weighted by Gasteiger charge is -2.06. The number of nitro groups is 1. The highest BCUT2D eigenvalue weighted by Gasteiger charge is 2.13. The van der Waals surface area contributed by atoms with E-state index in [9.17, 15) is 14.5 Å². The number of nitro benzene ring substituents is 1. The Morgan fingerprint density at radius 3 is 2.76 bits per heavy atom. The van der Waals surface area contributed by atoms with Gasteiger partial charge in [-0.3, -0.25) is 10.1 Å². The largest absolute Gasteiger partial charge is 0.493 e. The molecule has 0 amide bonds. The van der Waals surface area contributed by atoms with E-state index in [1.807, 2.05) is 6.92 Å². The normalized spacial score (nSPS) is 10.2. The first kappa shape index (κ1) is 13.4. The number of ether oxygens (including phenoxy) is 2. The van der Waals surface area contributed by atoms with Gasteiger partial charge in [0.1, 0.15) is 5.75 Å². The molecule has 0 aliphatic rings. The van der Waals surface area contributed by atoms with Crippen molar-refractivity contribution in [3.63, 3.8) is 0 Å². The molecule has 0 heterocycles. The van der Waals surface area contributed by atoms with Crippen LogP contribution < -0.4 is 4.74 Å². The minimum absolute atomic E-state index is 0.282. The molecule has 0 aliphatic heterocycles. The molecule has 17 heavy (non-hydrogen) atoms. The van der Waals surface area contributed by atoms with Gasteiger partial charge in [0.2, 0.25) is 5.82 Å². The van der Waals surface area contributed by atoms with Gasteiger partial charge < -0.3 is 9.47 Å².